The summed E-state index contributed by atoms with van der Waals surface area (Å²) in [5.74, 6) is 0.233. The van der Waals surface area contributed by atoms with Gasteiger partial charge >= 0.3 is 6.03 Å². The van der Waals surface area contributed by atoms with Crippen molar-refractivity contribution in [3.8, 4) is 0 Å². The molecule has 1 aliphatic heterocycles. The molecular formula is C23H32FN7O2. The Balaban J connectivity index is 1.36. The molecule has 33 heavy (non-hydrogen) atoms. The van der Waals surface area contributed by atoms with Crippen LogP contribution in [0.25, 0.3) is 0 Å². The first-order chi connectivity index (χ1) is 16.0. The Morgan fingerprint density at radius 1 is 1.06 bits per heavy atom. The normalized spacial score (nSPS) is 15.0. The molecule has 1 unspecified atom stereocenters. The molecule has 0 aliphatic carbocycles. The SMILES string of the molecule is CCCC(NC(=O)NCc1ccc(F)cc1)C(=O)NCCN1CCN(c2ncccn2)CC1. The van der Waals surface area contributed by atoms with Gasteiger partial charge in [0, 0.05) is 58.2 Å². The van der Waals surface area contributed by atoms with E-state index in [0.29, 0.717) is 13.0 Å². The largest absolute Gasteiger partial charge is 0.353 e. The highest BCUT2D eigenvalue weighted by molar-refractivity contribution is 5.86. The number of carbonyl (C=O) groups excluding carboxylic acids is 2. The number of hydrogen-bond acceptors (Lipinski definition) is 6. The maximum Gasteiger partial charge on any atom is 0.315 e. The highest BCUT2D eigenvalue weighted by Gasteiger charge is 2.21. The van der Waals surface area contributed by atoms with Gasteiger partial charge in [0.25, 0.3) is 0 Å². The van der Waals surface area contributed by atoms with E-state index in [1.165, 1.54) is 12.1 Å². The van der Waals surface area contributed by atoms with Crippen LogP contribution in [-0.2, 0) is 11.3 Å². The summed E-state index contributed by atoms with van der Waals surface area (Å²) >= 11 is 0. The molecule has 10 heteroatoms. The standard InChI is InChI=1S/C23H32FN7O2/c1-2-4-20(29-23(33)28-17-18-5-7-19(24)8-6-18)21(32)25-11-12-30-13-15-31(16-14-30)22-26-9-3-10-27-22/h3,5-10,20H,2,4,11-17H2,1H3,(H,25,32)(H2,28,29,33). The molecule has 1 atom stereocenters. The molecule has 0 radical (unpaired) electrons. The number of nitrogens with zero attached hydrogens (tertiary/aromatic N) is 4. The van der Waals surface area contributed by atoms with Gasteiger partial charge < -0.3 is 20.9 Å². The Morgan fingerprint density at radius 3 is 2.42 bits per heavy atom. The molecule has 1 aliphatic rings. The first-order valence-corrected chi connectivity index (χ1v) is 11.4. The predicted molar refractivity (Wildman–Crippen MR) is 124 cm³/mol. The summed E-state index contributed by atoms with van der Waals surface area (Å²) in [6.45, 7) is 6.90. The van der Waals surface area contributed by atoms with Crippen LogP contribution in [0, 0.1) is 5.82 Å². The van der Waals surface area contributed by atoms with E-state index >= 15 is 0 Å². The molecule has 0 spiro atoms. The third kappa shape index (κ3) is 7.98. The molecular weight excluding hydrogens is 425 g/mol. The minimum atomic E-state index is -0.602. The number of amides is 3. The van der Waals surface area contributed by atoms with Gasteiger partial charge in [-0.1, -0.05) is 25.5 Å². The van der Waals surface area contributed by atoms with Crippen molar-refractivity contribution in [3.63, 3.8) is 0 Å². The number of anilines is 1. The lowest BCUT2D eigenvalue weighted by Crippen LogP contribution is -2.52. The fourth-order valence-corrected chi connectivity index (χ4v) is 3.64. The number of benzene rings is 1. The van der Waals surface area contributed by atoms with Crippen LogP contribution in [0.1, 0.15) is 25.3 Å². The van der Waals surface area contributed by atoms with Crippen molar-refractivity contribution in [1.82, 2.24) is 30.8 Å². The number of aromatic nitrogens is 2. The van der Waals surface area contributed by atoms with Crippen molar-refractivity contribution < 1.29 is 14.0 Å². The summed E-state index contributed by atoms with van der Waals surface area (Å²) in [5, 5.41) is 8.39. The number of nitrogens with one attached hydrogen (secondary N) is 3. The molecule has 1 aromatic carbocycles. The minimum Gasteiger partial charge on any atom is -0.353 e. The van der Waals surface area contributed by atoms with E-state index in [0.717, 1.165) is 50.7 Å². The van der Waals surface area contributed by atoms with Gasteiger partial charge in [0.1, 0.15) is 11.9 Å². The van der Waals surface area contributed by atoms with Crippen molar-refractivity contribution in [2.45, 2.75) is 32.4 Å². The van der Waals surface area contributed by atoms with Gasteiger partial charge in [-0.15, -0.1) is 0 Å². The van der Waals surface area contributed by atoms with E-state index < -0.39 is 12.1 Å². The van der Waals surface area contributed by atoms with Gasteiger partial charge in [-0.3, -0.25) is 9.69 Å². The zero-order chi connectivity index (χ0) is 23.5. The molecule has 2 aromatic rings. The smallest absolute Gasteiger partial charge is 0.315 e. The van der Waals surface area contributed by atoms with Crippen molar-refractivity contribution in [2.24, 2.45) is 0 Å². The van der Waals surface area contributed by atoms with Crippen LogP contribution in [0.3, 0.4) is 0 Å². The highest BCUT2D eigenvalue weighted by Crippen LogP contribution is 2.09. The van der Waals surface area contributed by atoms with Gasteiger partial charge in [-0.2, -0.15) is 0 Å². The van der Waals surface area contributed by atoms with E-state index in [1.807, 2.05) is 6.92 Å². The second-order valence-electron chi connectivity index (χ2n) is 7.96. The number of halogens is 1. The summed E-state index contributed by atoms with van der Waals surface area (Å²) in [4.78, 5) is 37.9. The second kappa shape index (κ2) is 12.7. The quantitative estimate of drug-likeness (QED) is 0.500. The monoisotopic (exact) mass is 457 g/mol. The molecule has 3 N–H and O–H groups in total. The number of piperazine rings is 1. The van der Waals surface area contributed by atoms with Crippen molar-refractivity contribution >= 4 is 17.9 Å². The summed E-state index contributed by atoms with van der Waals surface area (Å²) in [5.41, 5.74) is 0.780. The van der Waals surface area contributed by atoms with Gasteiger partial charge in [-0.05, 0) is 30.2 Å². The number of hydrogen-bond donors (Lipinski definition) is 3. The molecule has 0 bridgehead atoms. The van der Waals surface area contributed by atoms with Crippen molar-refractivity contribution in [2.75, 3.05) is 44.2 Å². The van der Waals surface area contributed by atoms with E-state index in [2.05, 4.69) is 35.7 Å². The van der Waals surface area contributed by atoms with Crippen LogP contribution in [0.2, 0.25) is 0 Å². The molecule has 1 fully saturated rings. The third-order valence-electron chi connectivity index (χ3n) is 5.50. The van der Waals surface area contributed by atoms with E-state index in [1.54, 1.807) is 30.6 Å². The first-order valence-electron chi connectivity index (χ1n) is 11.4. The fourth-order valence-electron chi connectivity index (χ4n) is 3.64. The third-order valence-corrected chi connectivity index (χ3v) is 5.50. The summed E-state index contributed by atoms with van der Waals surface area (Å²) < 4.78 is 13.0. The lowest BCUT2D eigenvalue weighted by atomic mass is 10.1. The van der Waals surface area contributed by atoms with E-state index in [-0.39, 0.29) is 18.3 Å². The van der Waals surface area contributed by atoms with Crippen LogP contribution >= 0.6 is 0 Å². The number of carbonyl (C=O) groups is 2. The van der Waals surface area contributed by atoms with E-state index in [4.69, 9.17) is 0 Å². The Morgan fingerprint density at radius 2 is 1.76 bits per heavy atom. The van der Waals surface area contributed by atoms with Gasteiger partial charge in [0.2, 0.25) is 11.9 Å². The molecule has 0 saturated carbocycles. The second-order valence-corrected chi connectivity index (χ2v) is 7.96. The molecule has 3 rings (SSSR count). The molecule has 2 heterocycles. The van der Waals surface area contributed by atoms with Gasteiger partial charge in [0.15, 0.2) is 0 Å². The highest BCUT2D eigenvalue weighted by atomic mass is 19.1. The van der Waals surface area contributed by atoms with Crippen molar-refractivity contribution in [1.29, 1.82) is 0 Å². The molecule has 3 amide bonds. The topological polar surface area (TPSA) is 102 Å². The van der Waals surface area contributed by atoms with Crippen LogP contribution in [0.5, 0.6) is 0 Å². The Labute approximate surface area is 193 Å². The van der Waals surface area contributed by atoms with Crippen LogP contribution < -0.4 is 20.9 Å². The molecule has 9 nitrogen and oxygen atoms in total. The summed E-state index contributed by atoms with van der Waals surface area (Å²) in [7, 11) is 0. The van der Waals surface area contributed by atoms with Crippen molar-refractivity contribution in [3.05, 3.63) is 54.1 Å². The van der Waals surface area contributed by atoms with Gasteiger partial charge in [0.05, 0.1) is 0 Å². The average Bonchev–Trinajstić information content (AvgIpc) is 2.84. The average molecular weight is 458 g/mol. The van der Waals surface area contributed by atoms with Gasteiger partial charge in [-0.25, -0.2) is 19.2 Å². The van der Waals surface area contributed by atoms with Crippen LogP contribution in [0.15, 0.2) is 42.7 Å². The first kappa shape index (κ1) is 24.4. The fraction of sp³-hybridized carbons (Fsp3) is 0.478. The number of urea groups is 1. The van der Waals surface area contributed by atoms with Crippen LogP contribution in [0.4, 0.5) is 15.1 Å². The summed E-state index contributed by atoms with van der Waals surface area (Å²) in [6, 6.07) is 6.69. The summed E-state index contributed by atoms with van der Waals surface area (Å²) in [6.07, 6.45) is 4.80. The molecule has 1 saturated heterocycles. The van der Waals surface area contributed by atoms with E-state index in [9.17, 15) is 14.0 Å². The Hall–Kier alpha value is -3.27. The van der Waals surface area contributed by atoms with Crippen LogP contribution in [-0.4, -0.2) is 72.1 Å². The predicted octanol–water partition coefficient (Wildman–Crippen LogP) is 1.52. The lowest BCUT2D eigenvalue weighted by molar-refractivity contribution is -0.123. The number of rotatable bonds is 10. The Kier molecular flexibility index (Phi) is 9.37. The Bertz CT molecular complexity index is 874. The zero-order valence-corrected chi connectivity index (χ0v) is 19.0. The lowest BCUT2D eigenvalue weighted by Gasteiger charge is -2.34. The molecule has 1 aromatic heterocycles. The minimum absolute atomic E-state index is 0.190. The molecule has 178 valence electrons. The maximum atomic E-state index is 13.0. The zero-order valence-electron chi connectivity index (χ0n) is 19.0. The maximum absolute atomic E-state index is 13.0.